The minimum atomic E-state index is -0.570. The third-order valence-electron chi connectivity index (χ3n) is 4.92. The Labute approximate surface area is 197 Å². The van der Waals surface area contributed by atoms with E-state index in [0.717, 1.165) is 22.4 Å². The van der Waals surface area contributed by atoms with E-state index >= 15 is 0 Å². The van der Waals surface area contributed by atoms with Crippen LogP contribution in [0.2, 0.25) is 0 Å². The van der Waals surface area contributed by atoms with Gasteiger partial charge in [-0.3, -0.25) is 14.3 Å². The summed E-state index contributed by atoms with van der Waals surface area (Å²) in [6.07, 6.45) is 5.14. The molecule has 0 aliphatic carbocycles. The normalized spacial score (nSPS) is 10.8. The first kappa shape index (κ1) is 22.5. The molecule has 3 N–H and O–H groups in total. The molecular formula is C27H24N4O3. The molecule has 7 nitrogen and oxygen atoms in total. The van der Waals surface area contributed by atoms with Gasteiger partial charge in [-0.05, 0) is 23.8 Å². The second-order valence-corrected chi connectivity index (χ2v) is 7.59. The maximum absolute atomic E-state index is 12.6. The number of ether oxygens (including phenoxy) is 1. The van der Waals surface area contributed by atoms with Crippen molar-refractivity contribution in [3.8, 4) is 17.0 Å². The van der Waals surface area contributed by atoms with Crippen LogP contribution in [0.4, 0.5) is 5.69 Å². The number of primary amides is 1. The molecule has 0 bridgehead atoms. The van der Waals surface area contributed by atoms with Crippen molar-refractivity contribution < 1.29 is 14.3 Å². The van der Waals surface area contributed by atoms with E-state index in [9.17, 15) is 9.59 Å². The standard InChI is InChI=1S/C27H24N4O3/c28-25(32)19-34-24-13-7-12-23(16-24)29-26(33)15-14-22-18-31(17-20-8-3-1-4-9-20)30-27(22)21-10-5-2-6-11-21/h1-16,18H,17,19H2,(H2,28,32)(H,29,33)/b15-14+. The first-order valence-corrected chi connectivity index (χ1v) is 10.7. The molecule has 34 heavy (non-hydrogen) atoms. The Morgan fingerprint density at radius 2 is 1.71 bits per heavy atom. The number of benzene rings is 3. The molecule has 7 heteroatoms. The summed E-state index contributed by atoms with van der Waals surface area (Å²) in [5, 5.41) is 7.56. The van der Waals surface area contributed by atoms with Crippen LogP contribution in [0.15, 0.2) is 97.2 Å². The zero-order valence-corrected chi connectivity index (χ0v) is 18.4. The van der Waals surface area contributed by atoms with E-state index < -0.39 is 5.91 Å². The molecule has 1 aromatic heterocycles. The molecule has 4 rings (SSSR count). The van der Waals surface area contributed by atoms with Crippen molar-refractivity contribution >= 4 is 23.6 Å². The van der Waals surface area contributed by atoms with Crippen LogP contribution in [-0.2, 0) is 16.1 Å². The molecule has 2 amide bonds. The van der Waals surface area contributed by atoms with Crippen LogP contribution in [-0.4, -0.2) is 28.2 Å². The summed E-state index contributed by atoms with van der Waals surface area (Å²) in [5.41, 5.74) is 9.37. The number of hydrogen-bond donors (Lipinski definition) is 2. The molecule has 0 saturated carbocycles. The average Bonchev–Trinajstić information content (AvgIpc) is 3.25. The molecule has 1 heterocycles. The summed E-state index contributed by atoms with van der Waals surface area (Å²) in [7, 11) is 0. The summed E-state index contributed by atoms with van der Waals surface area (Å²) in [6.45, 7) is 0.394. The number of anilines is 1. The minimum absolute atomic E-state index is 0.230. The van der Waals surface area contributed by atoms with Crippen LogP contribution >= 0.6 is 0 Å². The number of nitrogens with zero attached hydrogens (tertiary/aromatic N) is 2. The number of rotatable bonds is 9. The molecule has 0 unspecified atom stereocenters. The van der Waals surface area contributed by atoms with E-state index in [4.69, 9.17) is 15.6 Å². The molecule has 0 saturated heterocycles. The summed E-state index contributed by atoms with van der Waals surface area (Å²) in [5.74, 6) is -0.435. The van der Waals surface area contributed by atoms with Gasteiger partial charge in [0, 0.05) is 35.2 Å². The van der Waals surface area contributed by atoms with Gasteiger partial charge >= 0.3 is 0 Å². The Kier molecular flexibility index (Phi) is 7.15. The number of nitrogens with two attached hydrogens (primary N) is 1. The van der Waals surface area contributed by atoms with Gasteiger partial charge in [0.05, 0.1) is 12.2 Å². The van der Waals surface area contributed by atoms with Crippen LogP contribution < -0.4 is 15.8 Å². The zero-order valence-electron chi connectivity index (χ0n) is 18.4. The molecule has 0 atom stereocenters. The fourth-order valence-electron chi connectivity index (χ4n) is 3.40. The molecule has 170 valence electrons. The summed E-state index contributed by atoms with van der Waals surface area (Å²) >= 11 is 0. The smallest absolute Gasteiger partial charge is 0.255 e. The minimum Gasteiger partial charge on any atom is -0.484 e. The monoisotopic (exact) mass is 452 g/mol. The van der Waals surface area contributed by atoms with Gasteiger partial charge in [-0.25, -0.2) is 0 Å². The lowest BCUT2D eigenvalue weighted by Gasteiger charge is -2.06. The topological polar surface area (TPSA) is 99.2 Å². The molecule has 0 aliphatic rings. The largest absolute Gasteiger partial charge is 0.484 e. The van der Waals surface area contributed by atoms with Crippen molar-refractivity contribution in [2.75, 3.05) is 11.9 Å². The second kappa shape index (κ2) is 10.8. The fourth-order valence-corrected chi connectivity index (χ4v) is 3.40. The van der Waals surface area contributed by atoms with Gasteiger partial charge in [0.1, 0.15) is 5.75 Å². The fraction of sp³-hybridized carbons (Fsp3) is 0.0741. The van der Waals surface area contributed by atoms with E-state index in [-0.39, 0.29) is 12.5 Å². The van der Waals surface area contributed by atoms with Crippen molar-refractivity contribution in [1.82, 2.24) is 9.78 Å². The maximum Gasteiger partial charge on any atom is 0.255 e. The first-order valence-electron chi connectivity index (χ1n) is 10.7. The Bertz CT molecular complexity index is 1300. The molecule has 4 aromatic rings. The molecule has 0 aliphatic heterocycles. The Hall–Kier alpha value is -4.65. The third kappa shape index (κ3) is 6.20. The SMILES string of the molecule is NC(=O)COc1cccc(NC(=O)/C=C/c2cn(Cc3ccccc3)nc2-c2ccccc2)c1. The van der Waals surface area contributed by atoms with Crippen LogP contribution in [0, 0.1) is 0 Å². The van der Waals surface area contributed by atoms with Gasteiger partial charge in [-0.2, -0.15) is 5.10 Å². The third-order valence-corrected chi connectivity index (χ3v) is 4.92. The number of aromatic nitrogens is 2. The van der Waals surface area contributed by atoms with Gasteiger partial charge in [0.25, 0.3) is 5.91 Å². The lowest BCUT2D eigenvalue weighted by atomic mass is 10.1. The highest BCUT2D eigenvalue weighted by molar-refractivity contribution is 6.02. The van der Waals surface area contributed by atoms with Crippen molar-refractivity contribution in [2.24, 2.45) is 5.73 Å². The maximum atomic E-state index is 12.6. The van der Waals surface area contributed by atoms with Gasteiger partial charge < -0.3 is 15.8 Å². The number of carbonyl (C=O) groups excluding carboxylic acids is 2. The van der Waals surface area contributed by atoms with Crippen LogP contribution in [0.3, 0.4) is 0 Å². The van der Waals surface area contributed by atoms with Crippen LogP contribution in [0.25, 0.3) is 17.3 Å². The van der Waals surface area contributed by atoms with E-state index in [1.165, 1.54) is 6.08 Å². The van der Waals surface area contributed by atoms with Crippen LogP contribution in [0.5, 0.6) is 5.75 Å². The van der Waals surface area contributed by atoms with Crippen molar-refractivity contribution in [3.05, 3.63) is 108 Å². The first-order chi connectivity index (χ1) is 16.6. The Morgan fingerprint density at radius 3 is 2.44 bits per heavy atom. The van der Waals surface area contributed by atoms with E-state index in [0.29, 0.717) is 18.0 Å². The molecule has 0 spiro atoms. The van der Waals surface area contributed by atoms with Crippen molar-refractivity contribution in [1.29, 1.82) is 0 Å². The number of amides is 2. The molecule has 0 radical (unpaired) electrons. The summed E-state index contributed by atoms with van der Waals surface area (Å²) < 4.78 is 7.15. The number of nitrogens with one attached hydrogen (secondary N) is 1. The molecule has 3 aromatic carbocycles. The van der Waals surface area contributed by atoms with Gasteiger partial charge in [-0.1, -0.05) is 66.7 Å². The molecular weight excluding hydrogens is 428 g/mol. The van der Waals surface area contributed by atoms with E-state index in [1.54, 1.807) is 30.3 Å². The van der Waals surface area contributed by atoms with Crippen LogP contribution in [0.1, 0.15) is 11.1 Å². The zero-order chi connectivity index (χ0) is 23.8. The highest BCUT2D eigenvalue weighted by Gasteiger charge is 2.10. The highest BCUT2D eigenvalue weighted by atomic mass is 16.5. The Balaban J connectivity index is 1.51. The molecule has 0 fully saturated rings. The lowest BCUT2D eigenvalue weighted by Crippen LogP contribution is -2.20. The average molecular weight is 453 g/mol. The van der Waals surface area contributed by atoms with Crippen molar-refractivity contribution in [3.63, 3.8) is 0 Å². The number of hydrogen-bond acceptors (Lipinski definition) is 4. The predicted octanol–water partition coefficient (Wildman–Crippen LogP) is 4.11. The van der Waals surface area contributed by atoms with Gasteiger partial charge in [0.15, 0.2) is 6.61 Å². The summed E-state index contributed by atoms with van der Waals surface area (Å²) in [6, 6.07) is 26.7. The van der Waals surface area contributed by atoms with Gasteiger partial charge in [-0.15, -0.1) is 0 Å². The van der Waals surface area contributed by atoms with E-state index in [1.807, 2.05) is 71.5 Å². The van der Waals surface area contributed by atoms with Crippen molar-refractivity contribution in [2.45, 2.75) is 6.54 Å². The predicted molar refractivity (Wildman–Crippen MR) is 132 cm³/mol. The second-order valence-electron chi connectivity index (χ2n) is 7.59. The quantitative estimate of drug-likeness (QED) is 0.373. The Morgan fingerprint density at radius 1 is 0.971 bits per heavy atom. The van der Waals surface area contributed by atoms with E-state index in [2.05, 4.69) is 5.32 Å². The number of carbonyl (C=O) groups is 2. The highest BCUT2D eigenvalue weighted by Crippen LogP contribution is 2.24. The van der Waals surface area contributed by atoms with Gasteiger partial charge in [0.2, 0.25) is 5.91 Å². The lowest BCUT2D eigenvalue weighted by molar-refractivity contribution is -0.120. The summed E-state index contributed by atoms with van der Waals surface area (Å²) in [4.78, 5) is 23.5.